The second-order valence-electron chi connectivity index (χ2n) is 5.46. The number of benzene rings is 1. The third kappa shape index (κ3) is 4.29. The van der Waals surface area contributed by atoms with E-state index in [0.717, 1.165) is 11.3 Å². The molecule has 7 heteroatoms. The maximum atomic E-state index is 12.6. The van der Waals surface area contributed by atoms with Crippen molar-refractivity contribution in [3.8, 4) is 5.75 Å². The van der Waals surface area contributed by atoms with Crippen molar-refractivity contribution >= 4 is 29.0 Å². The van der Waals surface area contributed by atoms with Crippen molar-refractivity contribution in [3.05, 3.63) is 77.2 Å². The van der Waals surface area contributed by atoms with Crippen molar-refractivity contribution < 1.29 is 14.5 Å². The van der Waals surface area contributed by atoms with Crippen LogP contribution in [-0.2, 0) is 6.54 Å². The first-order valence-corrected chi connectivity index (χ1v) is 8.34. The van der Waals surface area contributed by atoms with Crippen molar-refractivity contribution in [2.24, 2.45) is 0 Å². The van der Waals surface area contributed by atoms with Gasteiger partial charge >= 0.3 is 0 Å². The number of pyridine rings is 2. The molecule has 0 radical (unpaired) electrons. The molecule has 26 heavy (non-hydrogen) atoms. The first kappa shape index (κ1) is 17.7. The highest BCUT2D eigenvalue weighted by molar-refractivity contribution is 6.32. The van der Waals surface area contributed by atoms with Gasteiger partial charge in [-0.25, -0.2) is 9.97 Å². The molecular formula is C19H18ClN4O2+. The molecule has 1 aromatic carbocycles. The summed E-state index contributed by atoms with van der Waals surface area (Å²) in [5.74, 6) is 1.13. The summed E-state index contributed by atoms with van der Waals surface area (Å²) in [5.41, 5.74) is 2.00. The smallest absolute Gasteiger partial charge is 0.285 e. The zero-order valence-corrected chi connectivity index (χ0v) is 14.9. The molecule has 0 saturated carbocycles. The van der Waals surface area contributed by atoms with Crippen LogP contribution in [-0.4, -0.2) is 18.0 Å². The minimum absolute atomic E-state index is 0.244. The first-order valence-electron chi connectivity index (χ1n) is 7.97. The number of carbonyl (C=O) groups excluding carboxylic acids is 1. The Labute approximate surface area is 156 Å². The predicted octanol–water partition coefficient (Wildman–Crippen LogP) is 3.42. The molecule has 2 aromatic heterocycles. The minimum atomic E-state index is -0.283. The van der Waals surface area contributed by atoms with Crippen LogP contribution in [0.25, 0.3) is 0 Å². The van der Waals surface area contributed by atoms with Crippen LogP contribution in [0.2, 0.25) is 5.15 Å². The Kier molecular flexibility index (Phi) is 5.66. The summed E-state index contributed by atoms with van der Waals surface area (Å²) in [5, 5.41) is 6.26. The predicted molar refractivity (Wildman–Crippen MR) is 101 cm³/mol. The lowest BCUT2D eigenvalue weighted by atomic mass is 10.2. The molecule has 6 nitrogen and oxygen atoms in total. The molecule has 3 rings (SSSR count). The number of aromatic amines is 1. The van der Waals surface area contributed by atoms with E-state index in [1.807, 2.05) is 24.3 Å². The zero-order chi connectivity index (χ0) is 18.4. The Morgan fingerprint density at radius 1 is 1.19 bits per heavy atom. The summed E-state index contributed by atoms with van der Waals surface area (Å²) in [4.78, 5) is 19.6. The maximum absolute atomic E-state index is 12.6. The monoisotopic (exact) mass is 369 g/mol. The van der Waals surface area contributed by atoms with Crippen LogP contribution < -0.4 is 20.4 Å². The van der Waals surface area contributed by atoms with Gasteiger partial charge in [-0.3, -0.25) is 10.1 Å². The summed E-state index contributed by atoms with van der Waals surface area (Å²) in [6.45, 7) is 0.554. The number of hydrogen-bond acceptors (Lipinski definition) is 4. The average molecular weight is 370 g/mol. The van der Waals surface area contributed by atoms with Crippen LogP contribution in [0.4, 0.5) is 11.5 Å². The van der Waals surface area contributed by atoms with Crippen molar-refractivity contribution in [1.29, 1.82) is 0 Å². The molecule has 0 unspecified atom stereocenters. The number of amides is 1. The Balaban J connectivity index is 1.73. The third-order valence-electron chi connectivity index (χ3n) is 3.74. The Morgan fingerprint density at radius 3 is 2.73 bits per heavy atom. The van der Waals surface area contributed by atoms with Crippen LogP contribution >= 0.6 is 11.6 Å². The van der Waals surface area contributed by atoms with E-state index < -0.39 is 0 Å². The van der Waals surface area contributed by atoms with Crippen molar-refractivity contribution in [2.75, 3.05) is 17.7 Å². The van der Waals surface area contributed by atoms with Gasteiger partial charge in [0.15, 0.2) is 5.15 Å². The number of hydrogen-bond donors (Lipinski definition) is 2. The van der Waals surface area contributed by atoms with Gasteiger partial charge in [-0.1, -0.05) is 23.7 Å². The first-order chi connectivity index (χ1) is 12.7. The molecule has 3 N–H and O–H groups in total. The molecule has 132 valence electrons. The molecule has 0 saturated heterocycles. The second kappa shape index (κ2) is 8.31. The van der Waals surface area contributed by atoms with Crippen LogP contribution in [0.5, 0.6) is 5.75 Å². The van der Waals surface area contributed by atoms with Gasteiger partial charge in [0.1, 0.15) is 17.9 Å². The summed E-state index contributed by atoms with van der Waals surface area (Å²) < 4.78 is 5.15. The molecule has 0 bridgehead atoms. The fraction of sp³-hybridized carbons (Fsp3) is 0.105. The number of nitrogens with one attached hydrogen (secondary N) is 3. The van der Waals surface area contributed by atoms with Gasteiger partial charge in [0.25, 0.3) is 11.7 Å². The number of anilines is 2. The van der Waals surface area contributed by atoms with Gasteiger partial charge < -0.3 is 10.1 Å². The molecule has 0 fully saturated rings. The number of aromatic nitrogens is 2. The fourth-order valence-electron chi connectivity index (χ4n) is 2.38. The summed E-state index contributed by atoms with van der Waals surface area (Å²) in [6, 6.07) is 14.6. The number of carbonyl (C=O) groups is 1. The lowest BCUT2D eigenvalue weighted by molar-refractivity contribution is -0.361. The van der Waals surface area contributed by atoms with E-state index >= 15 is 0 Å². The Morgan fingerprint density at radius 2 is 2.00 bits per heavy atom. The summed E-state index contributed by atoms with van der Waals surface area (Å²) in [7, 11) is 1.63. The van der Waals surface area contributed by atoms with Gasteiger partial charge in [0, 0.05) is 6.20 Å². The number of ether oxygens (including phenoxy) is 1. The maximum Gasteiger partial charge on any atom is 0.285 e. The van der Waals surface area contributed by atoms with Crippen LogP contribution in [0.3, 0.4) is 0 Å². The number of halogens is 1. The highest BCUT2D eigenvalue weighted by Gasteiger charge is 2.18. The molecule has 3 aromatic rings. The number of H-pyrrole nitrogens is 1. The van der Waals surface area contributed by atoms with Gasteiger partial charge in [-0.15, -0.1) is 0 Å². The SMILES string of the molecule is COc1ccc(CNc2[nH+]cccc2C(=O)Nc2cccnc2Cl)cc1. The highest BCUT2D eigenvalue weighted by Crippen LogP contribution is 2.20. The molecule has 2 heterocycles. The lowest BCUT2D eigenvalue weighted by Gasteiger charge is -2.08. The molecular weight excluding hydrogens is 352 g/mol. The number of methoxy groups -OCH3 is 1. The van der Waals surface area contributed by atoms with Crippen molar-refractivity contribution in [2.45, 2.75) is 6.54 Å². The number of nitrogens with zero attached hydrogens (tertiary/aromatic N) is 1. The van der Waals surface area contributed by atoms with E-state index in [2.05, 4.69) is 20.6 Å². The quantitative estimate of drug-likeness (QED) is 0.653. The summed E-state index contributed by atoms with van der Waals surface area (Å²) >= 11 is 6.00. The fourth-order valence-corrected chi connectivity index (χ4v) is 2.54. The molecule has 0 spiro atoms. The highest BCUT2D eigenvalue weighted by atomic mass is 35.5. The van der Waals surface area contributed by atoms with Gasteiger partial charge in [0.05, 0.1) is 19.0 Å². The lowest BCUT2D eigenvalue weighted by Crippen LogP contribution is -2.21. The van der Waals surface area contributed by atoms with Crippen LogP contribution in [0.1, 0.15) is 15.9 Å². The standard InChI is InChI=1S/C19H17ClN4O2/c1-26-14-8-6-13(7-9-14)12-23-18-15(4-2-11-22-18)19(25)24-16-5-3-10-21-17(16)20/h2-11H,12H2,1H3,(H,22,23)(H,24,25)/p+1. The van der Waals surface area contributed by atoms with Gasteiger partial charge in [-0.05, 0) is 42.0 Å². The molecule has 0 atom stereocenters. The van der Waals surface area contributed by atoms with Gasteiger partial charge in [-0.2, -0.15) is 0 Å². The molecule has 0 aliphatic carbocycles. The zero-order valence-electron chi connectivity index (χ0n) is 14.1. The van der Waals surface area contributed by atoms with Crippen molar-refractivity contribution in [3.63, 3.8) is 0 Å². The topological polar surface area (TPSA) is 77.4 Å². The molecule has 1 amide bonds. The van der Waals surface area contributed by atoms with Crippen LogP contribution in [0.15, 0.2) is 60.9 Å². The number of rotatable bonds is 6. The largest absolute Gasteiger partial charge is 0.497 e. The average Bonchev–Trinajstić information content (AvgIpc) is 2.68. The molecule has 0 aliphatic rings. The minimum Gasteiger partial charge on any atom is -0.497 e. The Hall–Kier alpha value is -3.12. The van der Waals surface area contributed by atoms with Gasteiger partial charge in [0.2, 0.25) is 0 Å². The van der Waals surface area contributed by atoms with E-state index in [1.54, 1.807) is 43.8 Å². The summed E-state index contributed by atoms with van der Waals surface area (Å²) in [6.07, 6.45) is 3.32. The normalized spacial score (nSPS) is 10.2. The van der Waals surface area contributed by atoms with E-state index in [-0.39, 0.29) is 11.1 Å². The van der Waals surface area contributed by atoms with E-state index in [4.69, 9.17) is 16.3 Å². The molecule has 0 aliphatic heterocycles. The third-order valence-corrected chi connectivity index (χ3v) is 4.04. The van der Waals surface area contributed by atoms with Crippen molar-refractivity contribution in [1.82, 2.24) is 4.98 Å². The van der Waals surface area contributed by atoms with Crippen LogP contribution in [0, 0.1) is 0 Å². The van der Waals surface area contributed by atoms with E-state index in [0.29, 0.717) is 23.6 Å². The van der Waals surface area contributed by atoms with E-state index in [9.17, 15) is 4.79 Å². The Bertz CT molecular complexity index is 900. The van der Waals surface area contributed by atoms with E-state index in [1.165, 1.54) is 0 Å². The second-order valence-corrected chi connectivity index (χ2v) is 5.81.